The van der Waals surface area contributed by atoms with Gasteiger partial charge in [0.25, 0.3) is 22.2 Å². The standard InChI is InChI=1S/C12H19NO.C11H17NO2.C11H17NO.3C10H15NO2/c1-8-7-11(14)9(2)10(3)13(8)12(4,5)6;1-7-8(2)12(11(3,4)5)10(14)6-9(7)13;1-8-7-12(11(3,4)5)9(2)6-10(8)13;1-7-6-11(10(2,3)4)9(13)5-8(7)12;2*1-7-5-8(12)6-9(13)11(7)10(2,3)4/h7,14H,1H2,2-6H3;6,13H,1-5H3;6-7,13H,2H2,1,3-5H3;3*5-6,12H,1-4H3. The number of aromatic hydroxyl groups is 4. The number of hydrogen-bond acceptors (Lipinski definition) is 12. The quantitative estimate of drug-likeness (QED) is 0.0970. The number of nitrogens with zero attached hydrogens (tertiary/aromatic N) is 6. The summed E-state index contributed by atoms with van der Waals surface area (Å²) in [6, 6.07) is 8.17. The Labute approximate surface area is 476 Å². The summed E-state index contributed by atoms with van der Waals surface area (Å²) in [4.78, 5) is 50.3. The minimum absolute atomic E-state index is 0.000370. The van der Waals surface area contributed by atoms with Gasteiger partial charge in [0.05, 0.1) is 0 Å². The number of aryl methyl sites for hydroxylation is 3. The maximum atomic E-state index is 11.7. The fraction of sp³-hybridized carbons (Fsp3) is 0.500. The third kappa shape index (κ3) is 19.5. The molecule has 6 N–H and O–H groups in total. The number of hydrogen-bond donors (Lipinski definition) is 6. The zero-order chi connectivity index (χ0) is 63.1. The summed E-state index contributed by atoms with van der Waals surface area (Å²) in [5.41, 5.74) is 6.79. The van der Waals surface area contributed by atoms with Gasteiger partial charge in [0, 0.05) is 138 Å². The summed E-state index contributed by atoms with van der Waals surface area (Å²) in [6.07, 6.45) is 7.02. The molecule has 0 aliphatic carbocycles. The molecule has 0 atom stereocenters. The molecule has 0 aromatic carbocycles. The Bertz CT molecular complexity index is 3200. The van der Waals surface area contributed by atoms with E-state index in [0.29, 0.717) is 11.5 Å². The van der Waals surface area contributed by atoms with E-state index in [1.807, 2.05) is 138 Å². The summed E-state index contributed by atoms with van der Waals surface area (Å²) in [5, 5.41) is 56.1. The number of allylic oxidation sites excluding steroid dienone is 5. The van der Waals surface area contributed by atoms with Gasteiger partial charge in [-0.3, -0.25) is 19.2 Å². The first kappa shape index (κ1) is 70.7. The summed E-state index contributed by atoms with van der Waals surface area (Å²) < 4.78 is 6.63. The summed E-state index contributed by atoms with van der Waals surface area (Å²) in [5.74, 6) is 0.836. The molecule has 4 aromatic rings. The lowest BCUT2D eigenvalue weighted by Gasteiger charge is -2.41. The van der Waals surface area contributed by atoms with Gasteiger partial charge in [0.1, 0.15) is 34.5 Å². The predicted molar refractivity (Wildman–Crippen MR) is 328 cm³/mol. The van der Waals surface area contributed by atoms with Crippen LogP contribution >= 0.6 is 0 Å². The zero-order valence-corrected chi connectivity index (χ0v) is 53.2. The van der Waals surface area contributed by atoms with Gasteiger partial charge < -0.3 is 58.7 Å². The molecule has 0 fully saturated rings. The fourth-order valence-corrected chi connectivity index (χ4v) is 9.02. The minimum atomic E-state index is -0.250. The summed E-state index contributed by atoms with van der Waals surface area (Å²) >= 11 is 0. The molecule has 0 saturated heterocycles. The third-order valence-electron chi connectivity index (χ3n) is 12.7. The number of aliphatic hydroxyl groups is 2. The van der Waals surface area contributed by atoms with Crippen molar-refractivity contribution >= 4 is 0 Å². The van der Waals surface area contributed by atoms with Crippen LogP contribution in [-0.2, 0) is 22.2 Å². The molecule has 6 rings (SSSR count). The van der Waals surface area contributed by atoms with E-state index in [9.17, 15) is 49.8 Å². The maximum absolute atomic E-state index is 11.7. The number of rotatable bonds is 0. The Balaban J connectivity index is 0.000000480. The van der Waals surface area contributed by atoms with Crippen molar-refractivity contribution < 1.29 is 30.6 Å². The van der Waals surface area contributed by atoms with E-state index in [-0.39, 0.29) is 78.5 Å². The van der Waals surface area contributed by atoms with Crippen LogP contribution in [0.4, 0.5) is 0 Å². The number of pyridine rings is 4. The molecule has 80 heavy (non-hydrogen) atoms. The molecule has 0 bridgehead atoms. The Morgan fingerprint density at radius 1 is 0.425 bits per heavy atom. The van der Waals surface area contributed by atoms with Gasteiger partial charge in [-0.2, -0.15) is 0 Å². The van der Waals surface area contributed by atoms with Crippen LogP contribution in [0.25, 0.3) is 0 Å². The summed E-state index contributed by atoms with van der Waals surface area (Å²) in [6.45, 7) is 58.9. The predicted octanol–water partition coefficient (Wildman–Crippen LogP) is 13.1. The average Bonchev–Trinajstić information content (AvgIpc) is 3.22. The second kappa shape index (κ2) is 26.3. The van der Waals surface area contributed by atoms with Crippen LogP contribution in [0, 0.1) is 34.6 Å². The van der Waals surface area contributed by atoms with E-state index >= 15 is 0 Å². The van der Waals surface area contributed by atoms with Gasteiger partial charge in [0.15, 0.2) is 0 Å². The van der Waals surface area contributed by atoms with Crippen molar-refractivity contribution in [1.29, 1.82) is 0 Å². The van der Waals surface area contributed by atoms with Crippen LogP contribution in [-0.4, -0.2) is 69.8 Å². The molecule has 0 amide bonds. The van der Waals surface area contributed by atoms with Crippen LogP contribution in [0.2, 0.25) is 0 Å². The topological polar surface area (TPSA) is 216 Å². The smallest absolute Gasteiger partial charge is 0.254 e. The molecule has 4 aromatic heterocycles. The van der Waals surface area contributed by atoms with Crippen LogP contribution in [0.3, 0.4) is 0 Å². The Morgan fingerprint density at radius 2 is 0.812 bits per heavy atom. The third-order valence-corrected chi connectivity index (χ3v) is 12.7. The van der Waals surface area contributed by atoms with Gasteiger partial charge in [0.2, 0.25) is 0 Å². The molecule has 444 valence electrons. The van der Waals surface area contributed by atoms with Crippen molar-refractivity contribution in [3.8, 4) is 23.0 Å². The highest BCUT2D eigenvalue weighted by Gasteiger charge is 2.28. The average molecular weight is 1110 g/mol. The molecular formula is C64H98N6O10. The van der Waals surface area contributed by atoms with Gasteiger partial charge in [-0.05, 0) is 192 Å². The van der Waals surface area contributed by atoms with E-state index in [1.165, 1.54) is 24.3 Å². The Kier molecular flexibility index (Phi) is 23.2. The molecule has 2 aliphatic heterocycles. The first-order valence-electron chi connectivity index (χ1n) is 26.7. The van der Waals surface area contributed by atoms with Crippen molar-refractivity contribution in [2.45, 2.75) is 213 Å². The van der Waals surface area contributed by atoms with E-state index in [4.69, 9.17) is 0 Å². The minimum Gasteiger partial charge on any atom is -0.508 e. The van der Waals surface area contributed by atoms with Gasteiger partial charge in [-0.25, -0.2) is 0 Å². The first-order valence-corrected chi connectivity index (χ1v) is 26.7. The SMILES string of the molecule is C=C1C=C(O)C(C)=C(C)N1C(C)(C)C.C=C1C=C(O)C(C)=CN1C(C)(C)C.Cc1c(O)cc(=O)n(C(C)(C)C)c1C.Cc1cc(O)cc(=O)n1C(C)(C)C.Cc1cc(O)cc(=O)n1C(C)(C)C.Cc1cn(C(C)(C)C)c(=O)cc1O. The molecule has 0 radical (unpaired) electrons. The van der Waals surface area contributed by atoms with E-state index < -0.39 is 0 Å². The van der Waals surface area contributed by atoms with Crippen molar-refractivity contribution in [2.24, 2.45) is 0 Å². The highest BCUT2D eigenvalue weighted by Crippen LogP contribution is 2.33. The van der Waals surface area contributed by atoms with Crippen LogP contribution in [0.5, 0.6) is 23.0 Å². The van der Waals surface area contributed by atoms with Crippen molar-refractivity contribution in [1.82, 2.24) is 28.1 Å². The van der Waals surface area contributed by atoms with Gasteiger partial charge in [-0.1, -0.05) is 13.2 Å². The van der Waals surface area contributed by atoms with Crippen LogP contribution < -0.4 is 22.2 Å². The highest BCUT2D eigenvalue weighted by molar-refractivity contribution is 5.41. The Morgan fingerprint density at radius 3 is 1.18 bits per heavy atom. The monoisotopic (exact) mass is 1110 g/mol. The maximum Gasteiger partial charge on any atom is 0.254 e. The van der Waals surface area contributed by atoms with E-state index in [0.717, 1.165) is 56.4 Å². The summed E-state index contributed by atoms with van der Waals surface area (Å²) in [7, 11) is 0. The van der Waals surface area contributed by atoms with Crippen LogP contribution in [0.15, 0.2) is 133 Å². The number of aromatic nitrogens is 4. The van der Waals surface area contributed by atoms with Crippen molar-refractivity contribution in [2.75, 3.05) is 0 Å². The lowest BCUT2D eigenvalue weighted by atomic mass is 9.98. The second-order valence-electron chi connectivity index (χ2n) is 26.3. The highest BCUT2D eigenvalue weighted by atomic mass is 16.3. The van der Waals surface area contributed by atoms with Crippen molar-refractivity contribution in [3.05, 3.63) is 183 Å². The lowest BCUT2D eigenvalue weighted by Crippen LogP contribution is -2.40. The molecule has 0 spiro atoms. The van der Waals surface area contributed by atoms with E-state index in [1.54, 1.807) is 55.7 Å². The first-order chi connectivity index (χ1) is 35.8. The Hall–Kier alpha value is -7.36. The molecule has 0 unspecified atom stereocenters. The largest absolute Gasteiger partial charge is 0.508 e. The molecule has 2 aliphatic rings. The molecular weight excluding hydrogens is 1010 g/mol. The van der Waals surface area contributed by atoms with E-state index in [2.05, 4.69) is 64.5 Å². The number of aliphatic hydroxyl groups excluding tert-OH is 2. The van der Waals surface area contributed by atoms with Crippen LogP contribution in [0.1, 0.15) is 174 Å². The second-order valence-corrected chi connectivity index (χ2v) is 26.3. The molecule has 6 heterocycles. The molecule has 16 heteroatoms. The van der Waals surface area contributed by atoms with Gasteiger partial charge in [-0.15, -0.1) is 0 Å². The molecule has 0 saturated carbocycles. The van der Waals surface area contributed by atoms with Gasteiger partial charge >= 0.3 is 0 Å². The normalized spacial score (nSPS) is 14.1. The zero-order valence-electron chi connectivity index (χ0n) is 53.2. The van der Waals surface area contributed by atoms with Crippen molar-refractivity contribution in [3.63, 3.8) is 0 Å². The fourth-order valence-electron chi connectivity index (χ4n) is 9.02. The lowest BCUT2D eigenvalue weighted by molar-refractivity contribution is 0.234. The molecule has 16 nitrogen and oxygen atoms in total.